The van der Waals surface area contributed by atoms with E-state index in [2.05, 4.69) is 21.2 Å². The highest BCUT2D eigenvalue weighted by atomic mass is 79.9. The molecule has 0 saturated heterocycles. The van der Waals surface area contributed by atoms with E-state index in [-0.39, 0.29) is 5.91 Å². The molecule has 98 valence electrons. The lowest BCUT2D eigenvalue weighted by atomic mass is 10.1. The van der Waals surface area contributed by atoms with Crippen molar-refractivity contribution in [3.63, 3.8) is 0 Å². The number of hydrogen-bond donors (Lipinski definition) is 2. The third kappa shape index (κ3) is 4.19. The first-order chi connectivity index (χ1) is 9.15. The van der Waals surface area contributed by atoms with Gasteiger partial charge in [0.25, 0.3) is 0 Å². The average Bonchev–Trinajstić information content (AvgIpc) is 2.40. The Kier molecular flexibility index (Phi) is 4.71. The molecule has 3 nitrogen and oxygen atoms in total. The number of carbonyl (C=O) groups excluding carboxylic acids is 1. The highest BCUT2D eigenvalue weighted by Gasteiger charge is 2.14. The molecule has 0 bridgehead atoms. The molecule has 0 fully saturated rings. The Labute approximate surface area is 121 Å². The Morgan fingerprint density at radius 3 is 2.58 bits per heavy atom. The smallest absolute Gasteiger partial charge is 0.241 e. The minimum atomic E-state index is -0.554. The summed E-state index contributed by atoms with van der Waals surface area (Å²) in [6.45, 7) is 0. The number of anilines is 1. The van der Waals surface area contributed by atoms with Gasteiger partial charge in [0.05, 0.1) is 6.04 Å². The lowest BCUT2D eigenvalue weighted by molar-refractivity contribution is -0.117. The van der Waals surface area contributed by atoms with Gasteiger partial charge in [-0.15, -0.1) is 0 Å². The van der Waals surface area contributed by atoms with Crippen LogP contribution < -0.4 is 11.1 Å². The van der Waals surface area contributed by atoms with Gasteiger partial charge in [0, 0.05) is 10.2 Å². The van der Waals surface area contributed by atoms with Gasteiger partial charge in [-0.3, -0.25) is 4.79 Å². The fourth-order valence-electron chi connectivity index (χ4n) is 1.76. The van der Waals surface area contributed by atoms with Crippen LogP contribution in [-0.4, -0.2) is 11.9 Å². The van der Waals surface area contributed by atoms with Crippen LogP contribution in [0.1, 0.15) is 5.56 Å². The van der Waals surface area contributed by atoms with Crippen LogP contribution in [0, 0.1) is 0 Å². The SMILES string of the molecule is N[C@@H](Cc1ccccc1)C(=O)Nc1cccc(Br)c1. The first-order valence-electron chi connectivity index (χ1n) is 6.01. The van der Waals surface area contributed by atoms with Crippen molar-refractivity contribution < 1.29 is 4.79 Å². The Balaban J connectivity index is 1.96. The van der Waals surface area contributed by atoms with Crippen LogP contribution in [0.2, 0.25) is 0 Å². The van der Waals surface area contributed by atoms with E-state index in [1.807, 2.05) is 54.6 Å². The minimum Gasteiger partial charge on any atom is -0.325 e. The molecule has 0 unspecified atom stereocenters. The summed E-state index contributed by atoms with van der Waals surface area (Å²) in [5.41, 5.74) is 7.71. The molecule has 0 aliphatic rings. The summed E-state index contributed by atoms with van der Waals surface area (Å²) in [7, 11) is 0. The summed E-state index contributed by atoms with van der Waals surface area (Å²) in [4.78, 5) is 12.0. The van der Waals surface area contributed by atoms with Crippen molar-refractivity contribution in [2.75, 3.05) is 5.32 Å². The zero-order valence-corrected chi connectivity index (χ0v) is 11.9. The van der Waals surface area contributed by atoms with E-state index in [0.29, 0.717) is 6.42 Å². The third-order valence-corrected chi connectivity index (χ3v) is 3.22. The Hall–Kier alpha value is -1.65. The predicted octanol–water partition coefficient (Wildman–Crippen LogP) is 2.96. The maximum Gasteiger partial charge on any atom is 0.241 e. The van der Waals surface area contributed by atoms with Gasteiger partial charge in [-0.1, -0.05) is 52.3 Å². The van der Waals surface area contributed by atoms with Crippen LogP contribution in [0.3, 0.4) is 0 Å². The van der Waals surface area contributed by atoms with Crippen molar-refractivity contribution in [2.45, 2.75) is 12.5 Å². The van der Waals surface area contributed by atoms with Gasteiger partial charge in [-0.05, 0) is 30.2 Å². The zero-order valence-electron chi connectivity index (χ0n) is 10.3. The molecule has 0 radical (unpaired) electrons. The number of benzene rings is 2. The summed E-state index contributed by atoms with van der Waals surface area (Å²) in [6.07, 6.45) is 0.528. The molecule has 1 atom stereocenters. The van der Waals surface area contributed by atoms with Gasteiger partial charge in [0.2, 0.25) is 5.91 Å². The van der Waals surface area contributed by atoms with Crippen LogP contribution in [0.4, 0.5) is 5.69 Å². The minimum absolute atomic E-state index is 0.179. The topological polar surface area (TPSA) is 55.1 Å². The highest BCUT2D eigenvalue weighted by Crippen LogP contribution is 2.16. The van der Waals surface area contributed by atoms with Gasteiger partial charge < -0.3 is 11.1 Å². The molecule has 0 heterocycles. The molecular formula is C15H15BrN2O. The van der Waals surface area contributed by atoms with Crippen molar-refractivity contribution >= 4 is 27.5 Å². The van der Waals surface area contributed by atoms with Gasteiger partial charge in [-0.2, -0.15) is 0 Å². The molecule has 19 heavy (non-hydrogen) atoms. The number of rotatable bonds is 4. The van der Waals surface area contributed by atoms with Crippen molar-refractivity contribution in [1.82, 2.24) is 0 Å². The molecule has 2 rings (SSSR count). The molecule has 2 aromatic carbocycles. The summed E-state index contributed by atoms with van der Waals surface area (Å²) in [5.74, 6) is -0.179. The molecule has 0 aromatic heterocycles. The number of halogens is 1. The van der Waals surface area contributed by atoms with Crippen LogP contribution in [-0.2, 0) is 11.2 Å². The lowest BCUT2D eigenvalue weighted by Gasteiger charge is -2.12. The molecule has 0 saturated carbocycles. The fourth-order valence-corrected chi connectivity index (χ4v) is 2.16. The summed E-state index contributed by atoms with van der Waals surface area (Å²) < 4.78 is 0.918. The molecule has 2 aromatic rings. The van der Waals surface area contributed by atoms with E-state index in [9.17, 15) is 4.79 Å². The van der Waals surface area contributed by atoms with Crippen LogP contribution in [0.25, 0.3) is 0 Å². The molecular weight excluding hydrogens is 304 g/mol. The van der Waals surface area contributed by atoms with E-state index < -0.39 is 6.04 Å². The Morgan fingerprint density at radius 2 is 1.89 bits per heavy atom. The van der Waals surface area contributed by atoms with Crippen molar-refractivity contribution in [3.8, 4) is 0 Å². The summed E-state index contributed by atoms with van der Waals surface area (Å²) >= 11 is 3.36. The normalized spacial score (nSPS) is 11.9. The molecule has 3 N–H and O–H groups in total. The van der Waals surface area contributed by atoms with Crippen LogP contribution in [0.15, 0.2) is 59.1 Å². The third-order valence-electron chi connectivity index (χ3n) is 2.73. The van der Waals surface area contributed by atoms with Gasteiger partial charge in [0.15, 0.2) is 0 Å². The van der Waals surface area contributed by atoms with E-state index in [0.717, 1.165) is 15.7 Å². The number of nitrogens with one attached hydrogen (secondary N) is 1. The number of hydrogen-bond acceptors (Lipinski definition) is 2. The fraction of sp³-hybridized carbons (Fsp3) is 0.133. The van der Waals surface area contributed by atoms with Crippen LogP contribution in [0.5, 0.6) is 0 Å². The number of nitrogens with two attached hydrogens (primary N) is 1. The standard InChI is InChI=1S/C15H15BrN2O/c16-12-7-4-8-13(10-12)18-15(19)14(17)9-11-5-2-1-3-6-11/h1-8,10,14H,9,17H2,(H,18,19)/t14-/m0/s1. The predicted molar refractivity (Wildman–Crippen MR) is 80.9 cm³/mol. The highest BCUT2D eigenvalue weighted by molar-refractivity contribution is 9.10. The lowest BCUT2D eigenvalue weighted by Crippen LogP contribution is -2.37. The Bertz CT molecular complexity index is 557. The second-order valence-electron chi connectivity index (χ2n) is 4.30. The van der Waals surface area contributed by atoms with Crippen molar-refractivity contribution in [1.29, 1.82) is 0 Å². The average molecular weight is 319 g/mol. The van der Waals surface area contributed by atoms with E-state index >= 15 is 0 Å². The molecule has 0 aliphatic carbocycles. The second kappa shape index (κ2) is 6.50. The van der Waals surface area contributed by atoms with Gasteiger partial charge in [0.1, 0.15) is 0 Å². The second-order valence-corrected chi connectivity index (χ2v) is 5.21. The largest absolute Gasteiger partial charge is 0.325 e. The summed E-state index contributed by atoms with van der Waals surface area (Å²) in [6, 6.07) is 16.6. The van der Waals surface area contributed by atoms with Crippen molar-refractivity contribution in [2.24, 2.45) is 5.73 Å². The zero-order chi connectivity index (χ0) is 13.7. The first kappa shape index (κ1) is 13.8. The van der Waals surface area contributed by atoms with E-state index in [4.69, 9.17) is 5.73 Å². The van der Waals surface area contributed by atoms with E-state index in [1.54, 1.807) is 0 Å². The number of carbonyl (C=O) groups is 1. The van der Waals surface area contributed by atoms with E-state index in [1.165, 1.54) is 0 Å². The van der Waals surface area contributed by atoms with Crippen LogP contribution >= 0.6 is 15.9 Å². The first-order valence-corrected chi connectivity index (χ1v) is 6.80. The molecule has 1 amide bonds. The molecule has 0 spiro atoms. The quantitative estimate of drug-likeness (QED) is 0.910. The van der Waals surface area contributed by atoms with Gasteiger partial charge >= 0.3 is 0 Å². The number of amides is 1. The monoisotopic (exact) mass is 318 g/mol. The Morgan fingerprint density at radius 1 is 1.16 bits per heavy atom. The maximum absolute atomic E-state index is 12.0. The van der Waals surface area contributed by atoms with Crippen molar-refractivity contribution in [3.05, 3.63) is 64.6 Å². The molecule has 0 aliphatic heterocycles. The van der Waals surface area contributed by atoms with Gasteiger partial charge in [-0.25, -0.2) is 0 Å². The summed E-state index contributed by atoms with van der Waals surface area (Å²) in [5, 5.41) is 2.81. The molecule has 4 heteroatoms. The maximum atomic E-state index is 12.0.